The third-order valence-corrected chi connectivity index (χ3v) is 27.5. The summed E-state index contributed by atoms with van der Waals surface area (Å²) in [5.41, 5.74) is 11.6. The van der Waals surface area contributed by atoms with Gasteiger partial charge in [0.2, 0.25) is 0 Å². The third kappa shape index (κ3) is 8.52. The molecular formula is C68H76N2Si2. The molecule has 0 N–H and O–H groups in total. The van der Waals surface area contributed by atoms with Crippen molar-refractivity contribution >= 4 is 80.8 Å². The fraction of sp³-hybridized carbons (Fsp3) is 0.294. The van der Waals surface area contributed by atoms with Gasteiger partial charge in [0.1, 0.15) is 0 Å². The monoisotopic (exact) mass is 977 g/mol. The van der Waals surface area contributed by atoms with Crippen LogP contribution in [0.2, 0.25) is 10.1 Å². The lowest BCUT2D eigenvalue weighted by atomic mass is 9.92. The van der Waals surface area contributed by atoms with Crippen LogP contribution in [0.1, 0.15) is 154 Å². The molecule has 0 spiro atoms. The molecule has 0 saturated heterocycles. The number of benzene rings is 8. The lowest BCUT2D eigenvalue weighted by molar-refractivity contribution is 0.738. The summed E-state index contributed by atoms with van der Waals surface area (Å²) in [6, 6.07) is 69.4. The van der Waals surface area contributed by atoms with E-state index in [0.717, 1.165) is 33.9 Å². The molecule has 0 saturated carbocycles. The van der Waals surface area contributed by atoms with Gasteiger partial charge in [-0.3, -0.25) is 0 Å². The lowest BCUT2D eigenvalue weighted by Crippen LogP contribution is -2.72. The summed E-state index contributed by atoms with van der Waals surface area (Å²) < 4.78 is 0. The van der Waals surface area contributed by atoms with Crippen LogP contribution in [-0.2, 0) is 0 Å². The number of hydrogen-bond acceptors (Lipinski definition) is 2. The van der Waals surface area contributed by atoms with Crippen molar-refractivity contribution < 1.29 is 0 Å². The molecule has 366 valence electrons. The van der Waals surface area contributed by atoms with Crippen molar-refractivity contribution in [1.82, 2.24) is 0 Å². The van der Waals surface area contributed by atoms with Gasteiger partial charge in [-0.25, -0.2) is 9.98 Å². The molecule has 0 unspecified atom stereocenters. The molecule has 9 rings (SSSR count). The second-order valence-corrected chi connectivity index (χ2v) is 33.2. The fourth-order valence-corrected chi connectivity index (χ4v) is 24.1. The summed E-state index contributed by atoms with van der Waals surface area (Å²) >= 11 is 0. The van der Waals surface area contributed by atoms with Gasteiger partial charge < -0.3 is 0 Å². The number of aliphatic imine (C=N–C) groups is 2. The fourth-order valence-electron chi connectivity index (χ4n) is 12.6. The van der Waals surface area contributed by atoms with Gasteiger partial charge in [-0.2, -0.15) is 0 Å². The smallest absolute Gasteiger partial charge is 0.153 e. The van der Waals surface area contributed by atoms with E-state index in [2.05, 4.69) is 279 Å². The van der Waals surface area contributed by atoms with Gasteiger partial charge in [0.15, 0.2) is 16.1 Å². The third-order valence-electron chi connectivity index (χ3n) is 15.9. The molecule has 0 amide bonds. The normalized spacial score (nSPS) is 14.5. The van der Waals surface area contributed by atoms with Crippen molar-refractivity contribution in [2.75, 3.05) is 0 Å². The van der Waals surface area contributed by atoms with Crippen LogP contribution in [-0.4, -0.2) is 27.6 Å². The Balaban J connectivity index is 1.36. The zero-order valence-electron chi connectivity index (χ0n) is 45.5. The molecule has 1 aliphatic carbocycles. The van der Waals surface area contributed by atoms with Crippen LogP contribution in [0.3, 0.4) is 0 Å². The summed E-state index contributed by atoms with van der Waals surface area (Å²) in [4.78, 5) is 12.1. The Labute approximate surface area is 434 Å². The van der Waals surface area contributed by atoms with Gasteiger partial charge >= 0.3 is 0 Å². The maximum atomic E-state index is 6.07. The number of rotatable bonds is 12. The quantitative estimate of drug-likeness (QED) is 0.0861. The average molecular weight is 978 g/mol. The summed E-state index contributed by atoms with van der Waals surface area (Å²) in [6.07, 6.45) is 0. The molecule has 1 aliphatic rings. The van der Waals surface area contributed by atoms with Gasteiger partial charge in [-0.15, -0.1) is 0 Å². The van der Waals surface area contributed by atoms with Gasteiger partial charge in [-0.05, 0) is 92.5 Å². The van der Waals surface area contributed by atoms with E-state index in [1.807, 2.05) is 0 Å². The van der Waals surface area contributed by atoms with Crippen LogP contribution in [0.25, 0.3) is 10.8 Å². The Kier molecular flexibility index (Phi) is 13.9. The maximum absolute atomic E-state index is 6.07. The minimum Gasteiger partial charge on any atom is -0.245 e. The van der Waals surface area contributed by atoms with Crippen LogP contribution < -0.4 is 31.1 Å². The first-order chi connectivity index (χ1) is 34.3. The molecule has 8 aromatic carbocycles. The summed E-state index contributed by atoms with van der Waals surface area (Å²) in [5.74, 6) is 0.867. The van der Waals surface area contributed by atoms with Crippen molar-refractivity contribution in [1.29, 1.82) is 0 Å². The Morgan fingerprint density at radius 2 is 0.583 bits per heavy atom. The van der Waals surface area contributed by atoms with E-state index in [0.29, 0.717) is 0 Å². The molecule has 72 heavy (non-hydrogen) atoms. The molecular weight excluding hydrogens is 901 g/mol. The lowest BCUT2D eigenvalue weighted by Gasteiger charge is -2.45. The number of nitrogens with zero attached hydrogens (tertiary/aromatic N) is 2. The Hall–Kier alpha value is -6.21. The molecule has 4 heteroatoms. The molecule has 0 aliphatic heterocycles. The molecule has 0 aromatic heterocycles. The first kappa shape index (κ1) is 50.7. The second-order valence-electron chi connectivity index (χ2n) is 23.7. The van der Waals surface area contributed by atoms with E-state index in [1.54, 1.807) is 0 Å². The zero-order chi connectivity index (χ0) is 51.3. The van der Waals surface area contributed by atoms with Crippen molar-refractivity contribution in [2.24, 2.45) is 9.98 Å². The van der Waals surface area contributed by atoms with Gasteiger partial charge in [0, 0.05) is 16.5 Å². The molecule has 8 aromatic rings. The highest BCUT2D eigenvalue weighted by Gasteiger charge is 2.51. The van der Waals surface area contributed by atoms with Crippen molar-refractivity contribution in [3.05, 3.63) is 215 Å². The SMILES string of the molecule is CC(C)c1cc([Si](c2ccccc2)(c2ccccc2)C(C)(C)C)cc(C(C)C)c1N=C1C(=Nc2c(C(C)C)cc([Si](c3ccccc3)(c3ccccc3)C(C)(C)C)cc2C(C)C)c2cccc3cccc1c23. The maximum Gasteiger partial charge on any atom is 0.153 e. The first-order valence-electron chi connectivity index (χ1n) is 26.6. The summed E-state index contributed by atoms with van der Waals surface area (Å²) in [7, 11) is -5.36. The molecule has 0 atom stereocenters. The van der Waals surface area contributed by atoms with Crippen LogP contribution in [0.15, 0.2) is 192 Å². The van der Waals surface area contributed by atoms with Crippen LogP contribution in [0, 0.1) is 0 Å². The van der Waals surface area contributed by atoms with Crippen LogP contribution >= 0.6 is 0 Å². The Bertz CT molecular complexity index is 2940. The first-order valence-corrected chi connectivity index (χ1v) is 30.6. The van der Waals surface area contributed by atoms with Crippen LogP contribution in [0.5, 0.6) is 0 Å². The van der Waals surface area contributed by atoms with Crippen molar-refractivity contribution in [3.8, 4) is 0 Å². The predicted octanol–water partition coefficient (Wildman–Crippen LogP) is 15.1. The topological polar surface area (TPSA) is 24.7 Å². The average Bonchev–Trinajstić information content (AvgIpc) is 3.64. The highest BCUT2D eigenvalue weighted by Crippen LogP contribution is 2.45. The van der Waals surface area contributed by atoms with E-state index in [4.69, 9.17) is 9.98 Å². The highest BCUT2D eigenvalue weighted by atomic mass is 28.3. The van der Waals surface area contributed by atoms with E-state index in [-0.39, 0.29) is 33.7 Å². The summed E-state index contributed by atoms with van der Waals surface area (Å²) in [6.45, 7) is 33.6. The van der Waals surface area contributed by atoms with Crippen LogP contribution in [0.4, 0.5) is 11.4 Å². The van der Waals surface area contributed by atoms with E-state index >= 15 is 0 Å². The van der Waals surface area contributed by atoms with E-state index < -0.39 is 16.1 Å². The summed E-state index contributed by atoms with van der Waals surface area (Å²) in [5, 5.41) is 11.0. The standard InChI is InChI=1S/C68H76N2Si2/c1-45(2)58-41-54(71(67(9,10)11,50-31-19-15-20-32-50)51-33-21-16-22-34-51)42-59(46(3)4)63(58)69-65-56-39-27-29-49-30-28-40-57(62(49)56)66(65)70-64-60(47(5)6)43-55(44-61(64)48(7)8)72(68(12,13)14,52-35-23-17-24-36-52)53-37-25-18-26-38-53/h15-48H,1-14H3. The van der Waals surface area contributed by atoms with E-state index in [1.165, 1.54) is 64.1 Å². The molecule has 0 heterocycles. The van der Waals surface area contributed by atoms with Crippen molar-refractivity contribution in [3.63, 3.8) is 0 Å². The highest BCUT2D eigenvalue weighted by molar-refractivity contribution is 7.14. The Morgan fingerprint density at radius 3 is 0.819 bits per heavy atom. The molecule has 0 radical (unpaired) electrons. The molecule has 0 bridgehead atoms. The minimum atomic E-state index is -2.68. The van der Waals surface area contributed by atoms with Gasteiger partial charge in [-0.1, -0.05) is 279 Å². The minimum absolute atomic E-state index is 0.0524. The molecule has 0 fully saturated rings. The predicted molar refractivity (Wildman–Crippen MR) is 320 cm³/mol. The van der Waals surface area contributed by atoms with Gasteiger partial charge in [0.25, 0.3) is 0 Å². The largest absolute Gasteiger partial charge is 0.245 e. The Morgan fingerprint density at radius 1 is 0.319 bits per heavy atom. The second kappa shape index (κ2) is 19.7. The van der Waals surface area contributed by atoms with Gasteiger partial charge in [0.05, 0.1) is 22.8 Å². The zero-order valence-corrected chi connectivity index (χ0v) is 47.5. The van der Waals surface area contributed by atoms with Crippen molar-refractivity contribution in [2.45, 2.75) is 131 Å². The number of hydrogen-bond donors (Lipinski definition) is 0. The van der Waals surface area contributed by atoms with E-state index in [9.17, 15) is 0 Å². The molecule has 2 nitrogen and oxygen atoms in total.